The number of likely N-dealkylation sites (tertiary alicyclic amines) is 1. The predicted molar refractivity (Wildman–Crippen MR) is 78.8 cm³/mol. The molecule has 2 fully saturated rings. The number of piperazine rings is 1. The molecule has 0 aliphatic carbocycles. The van der Waals surface area contributed by atoms with E-state index in [0.29, 0.717) is 17.4 Å². The SMILES string of the molecule is COc1cccc(C(=O)N2CC(N3CCNCC3)C2)c1O. The number of carbonyl (C=O) groups is 1. The highest BCUT2D eigenvalue weighted by molar-refractivity contribution is 5.98. The molecule has 0 aromatic heterocycles. The summed E-state index contributed by atoms with van der Waals surface area (Å²) in [6.07, 6.45) is 0. The van der Waals surface area contributed by atoms with Gasteiger partial charge in [0.05, 0.1) is 12.7 Å². The molecule has 1 amide bonds. The van der Waals surface area contributed by atoms with E-state index in [4.69, 9.17) is 4.74 Å². The fourth-order valence-corrected chi connectivity index (χ4v) is 2.93. The molecule has 2 aliphatic rings. The summed E-state index contributed by atoms with van der Waals surface area (Å²) < 4.78 is 5.05. The van der Waals surface area contributed by atoms with Gasteiger partial charge in [-0.3, -0.25) is 9.69 Å². The van der Waals surface area contributed by atoms with E-state index >= 15 is 0 Å². The number of para-hydroxylation sites is 1. The van der Waals surface area contributed by atoms with Gasteiger partial charge in [0.2, 0.25) is 0 Å². The average Bonchev–Trinajstić information content (AvgIpc) is 2.47. The Bertz CT molecular complexity index is 523. The van der Waals surface area contributed by atoms with E-state index in [1.807, 2.05) is 0 Å². The van der Waals surface area contributed by atoms with Crippen LogP contribution in [-0.2, 0) is 0 Å². The fourth-order valence-electron chi connectivity index (χ4n) is 2.93. The van der Waals surface area contributed by atoms with Gasteiger partial charge in [0.1, 0.15) is 0 Å². The lowest BCUT2D eigenvalue weighted by Crippen LogP contribution is -2.63. The molecule has 0 spiro atoms. The van der Waals surface area contributed by atoms with E-state index in [-0.39, 0.29) is 11.7 Å². The number of nitrogens with one attached hydrogen (secondary N) is 1. The van der Waals surface area contributed by atoms with Crippen LogP contribution in [0.1, 0.15) is 10.4 Å². The van der Waals surface area contributed by atoms with E-state index in [2.05, 4.69) is 10.2 Å². The van der Waals surface area contributed by atoms with Crippen LogP contribution in [0.15, 0.2) is 18.2 Å². The molecule has 2 saturated heterocycles. The van der Waals surface area contributed by atoms with Gasteiger partial charge in [-0.1, -0.05) is 6.07 Å². The molecule has 3 rings (SSSR count). The molecule has 2 heterocycles. The maximum Gasteiger partial charge on any atom is 0.257 e. The maximum atomic E-state index is 12.4. The van der Waals surface area contributed by atoms with Crippen molar-refractivity contribution in [3.05, 3.63) is 23.8 Å². The van der Waals surface area contributed by atoms with Crippen molar-refractivity contribution in [2.75, 3.05) is 46.4 Å². The Hall–Kier alpha value is -1.79. The van der Waals surface area contributed by atoms with Crippen molar-refractivity contribution in [3.63, 3.8) is 0 Å². The maximum absolute atomic E-state index is 12.4. The lowest BCUT2D eigenvalue weighted by Gasteiger charge is -2.46. The minimum absolute atomic E-state index is 0.0735. The highest BCUT2D eigenvalue weighted by Crippen LogP contribution is 2.31. The van der Waals surface area contributed by atoms with Gasteiger partial charge in [-0.15, -0.1) is 0 Å². The third-order valence-electron chi connectivity index (χ3n) is 4.27. The Morgan fingerprint density at radius 3 is 2.71 bits per heavy atom. The first-order chi connectivity index (χ1) is 10.2. The minimum Gasteiger partial charge on any atom is -0.504 e. The van der Waals surface area contributed by atoms with Crippen LogP contribution in [0.5, 0.6) is 11.5 Å². The number of amides is 1. The third kappa shape index (κ3) is 2.69. The largest absolute Gasteiger partial charge is 0.504 e. The van der Waals surface area contributed by atoms with Crippen LogP contribution in [0.3, 0.4) is 0 Å². The molecule has 1 aromatic rings. The average molecular weight is 291 g/mol. The Morgan fingerprint density at radius 1 is 1.33 bits per heavy atom. The van der Waals surface area contributed by atoms with E-state index in [9.17, 15) is 9.90 Å². The molecule has 0 radical (unpaired) electrons. The molecule has 114 valence electrons. The van der Waals surface area contributed by atoms with Gasteiger partial charge >= 0.3 is 0 Å². The number of benzene rings is 1. The molecule has 6 heteroatoms. The van der Waals surface area contributed by atoms with Crippen molar-refractivity contribution in [3.8, 4) is 11.5 Å². The molecule has 0 atom stereocenters. The summed E-state index contributed by atoms with van der Waals surface area (Å²) in [5.74, 6) is 0.133. The van der Waals surface area contributed by atoms with Gasteiger partial charge in [0.15, 0.2) is 11.5 Å². The summed E-state index contributed by atoms with van der Waals surface area (Å²) in [6.45, 7) is 5.57. The highest BCUT2D eigenvalue weighted by Gasteiger charge is 2.36. The lowest BCUT2D eigenvalue weighted by atomic mass is 10.0. The Balaban J connectivity index is 1.63. The van der Waals surface area contributed by atoms with Gasteiger partial charge in [-0.05, 0) is 12.1 Å². The first-order valence-corrected chi connectivity index (χ1v) is 7.30. The van der Waals surface area contributed by atoms with Crippen LogP contribution in [0, 0.1) is 0 Å². The second kappa shape index (κ2) is 5.91. The number of hydrogen-bond donors (Lipinski definition) is 2. The lowest BCUT2D eigenvalue weighted by molar-refractivity contribution is 0.0224. The van der Waals surface area contributed by atoms with Gasteiger partial charge in [-0.25, -0.2) is 0 Å². The zero-order valence-electron chi connectivity index (χ0n) is 12.2. The van der Waals surface area contributed by atoms with Gasteiger partial charge < -0.3 is 20.1 Å². The monoisotopic (exact) mass is 291 g/mol. The zero-order valence-corrected chi connectivity index (χ0v) is 12.2. The number of phenols is 1. The topological polar surface area (TPSA) is 65.0 Å². The van der Waals surface area contributed by atoms with E-state index in [0.717, 1.165) is 39.3 Å². The van der Waals surface area contributed by atoms with Gasteiger partial charge in [-0.2, -0.15) is 0 Å². The Morgan fingerprint density at radius 2 is 2.05 bits per heavy atom. The number of carbonyl (C=O) groups excluding carboxylic acids is 1. The van der Waals surface area contributed by atoms with Crippen molar-refractivity contribution in [1.82, 2.24) is 15.1 Å². The number of phenolic OH excluding ortho intramolecular Hbond substituents is 1. The van der Waals surface area contributed by atoms with Crippen LogP contribution in [0.2, 0.25) is 0 Å². The first-order valence-electron chi connectivity index (χ1n) is 7.30. The zero-order chi connectivity index (χ0) is 14.8. The van der Waals surface area contributed by atoms with Crippen LogP contribution in [0.4, 0.5) is 0 Å². The predicted octanol–water partition coefficient (Wildman–Crippen LogP) is 0.130. The van der Waals surface area contributed by atoms with Gasteiger partial charge in [0.25, 0.3) is 5.91 Å². The third-order valence-corrected chi connectivity index (χ3v) is 4.27. The fraction of sp³-hybridized carbons (Fsp3) is 0.533. The molecule has 0 bridgehead atoms. The van der Waals surface area contributed by atoms with Gasteiger partial charge in [0, 0.05) is 45.3 Å². The molecule has 2 N–H and O–H groups in total. The van der Waals surface area contributed by atoms with Crippen molar-refractivity contribution >= 4 is 5.91 Å². The summed E-state index contributed by atoms with van der Waals surface area (Å²) in [5, 5.41) is 13.4. The molecular weight excluding hydrogens is 270 g/mol. The molecule has 6 nitrogen and oxygen atoms in total. The summed E-state index contributed by atoms with van der Waals surface area (Å²) in [5.41, 5.74) is 0.313. The normalized spacial score (nSPS) is 20.1. The van der Waals surface area contributed by atoms with Crippen molar-refractivity contribution in [2.45, 2.75) is 6.04 Å². The minimum atomic E-state index is -0.127. The van der Waals surface area contributed by atoms with Crippen LogP contribution in [-0.4, -0.2) is 73.2 Å². The molecule has 0 saturated carbocycles. The number of ether oxygens (including phenoxy) is 1. The van der Waals surface area contributed by atoms with E-state index in [1.54, 1.807) is 23.1 Å². The Labute approximate surface area is 124 Å². The second-order valence-corrected chi connectivity index (χ2v) is 5.51. The smallest absolute Gasteiger partial charge is 0.257 e. The standard InChI is InChI=1S/C15H21N3O3/c1-21-13-4-2-3-12(14(13)19)15(20)18-9-11(10-18)17-7-5-16-6-8-17/h2-4,11,16,19H,5-10H2,1H3. The molecule has 21 heavy (non-hydrogen) atoms. The van der Waals surface area contributed by atoms with Crippen LogP contribution >= 0.6 is 0 Å². The van der Waals surface area contributed by atoms with Crippen LogP contribution < -0.4 is 10.1 Å². The molecule has 0 unspecified atom stereocenters. The van der Waals surface area contributed by atoms with Crippen molar-refractivity contribution < 1.29 is 14.6 Å². The second-order valence-electron chi connectivity index (χ2n) is 5.51. The molecule has 2 aliphatic heterocycles. The number of rotatable bonds is 3. The molecular formula is C15H21N3O3. The number of hydrogen-bond acceptors (Lipinski definition) is 5. The number of aromatic hydroxyl groups is 1. The summed E-state index contributed by atoms with van der Waals surface area (Å²) in [4.78, 5) is 16.6. The highest BCUT2D eigenvalue weighted by atomic mass is 16.5. The summed E-state index contributed by atoms with van der Waals surface area (Å²) in [6, 6.07) is 5.45. The van der Waals surface area contributed by atoms with Crippen molar-refractivity contribution in [2.24, 2.45) is 0 Å². The van der Waals surface area contributed by atoms with E-state index in [1.165, 1.54) is 7.11 Å². The molecule has 1 aromatic carbocycles. The van der Waals surface area contributed by atoms with E-state index < -0.39 is 0 Å². The summed E-state index contributed by atoms with van der Waals surface area (Å²) in [7, 11) is 1.48. The number of nitrogens with zero attached hydrogens (tertiary/aromatic N) is 2. The Kier molecular flexibility index (Phi) is 3.98. The summed E-state index contributed by atoms with van der Waals surface area (Å²) >= 11 is 0. The first kappa shape index (κ1) is 14.2. The quantitative estimate of drug-likeness (QED) is 0.829. The van der Waals surface area contributed by atoms with Crippen molar-refractivity contribution in [1.29, 1.82) is 0 Å². The van der Waals surface area contributed by atoms with Crippen LogP contribution in [0.25, 0.3) is 0 Å². The number of methoxy groups -OCH3 is 1.